The number of hydrogen-bond acceptors (Lipinski definition) is 4. The maximum atomic E-state index is 12.3. The fourth-order valence-electron chi connectivity index (χ4n) is 2.56. The van der Waals surface area contributed by atoms with E-state index in [0.29, 0.717) is 22.3 Å². The highest BCUT2D eigenvalue weighted by atomic mass is 16.6. The van der Waals surface area contributed by atoms with Crippen LogP contribution < -0.4 is 11.1 Å². The van der Waals surface area contributed by atoms with Crippen LogP contribution in [0.4, 0.5) is 5.69 Å². The van der Waals surface area contributed by atoms with Crippen LogP contribution in [-0.2, 0) is 7.05 Å². The Bertz CT molecular complexity index is 1030. The van der Waals surface area contributed by atoms with Gasteiger partial charge in [0.2, 0.25) is 0 Å². The molecule has 0 atom stereocenters. The van der Waals surface area contributed by atoms with Gasteiger partial charge >= 0.3 is 0 Å². The van der Waals surface area contributed by atoms with E-state index in [9.17, 15) is 19.7 Å². The molecule has 0 saturated carbocycles. The van der Waals surface area contributed by atoms with E-state index in [2.05, 4.69) is 5.10 Å². The number of aryl methyl sites for hydroxylation is 2. The zero-order valence-corrected chi connectivity index (χ0v) is 11.9. The summed E-state index contributed by atoms with van der Waals surface area (Å²) in [5, 5.41) is 14.1. The van der Waals surface area contributed by atoms with Crippen molar-refractivity contribution in [1.82, 2.24) is 14.3 Å². The normalized spacial score (nSPS) is 11.0. The van der Waals surface area contributed by atoms with Gasteiger partial charge in [-0.2, -0.15) is 0 Å². The monoisotopic (exact) mass is 300 g/mol. The van der Waals surface area contributed by atoms with E-state index in [1.165, 1.54) is 33.5 Å². The third-order valence-corrected chi connectivity index (χ3v) is 3.56. The lowest BCUT2D eigenvalue weighted by Crippen LogP contribution is -2.21. The van der Waals surface area contributed by atoms with Crippen LogP contribution in [0.2, 0.25) is 0 Å². The first-order chi connectivity index (χ1) is 10.4. The van der Waals surface area contributed by atoms with E-state index >= 15 is 0 Å². The van der Waals surface area contributed by atoms with Crippen molar-refractivity contribution in [3.05, 3.63) is 66.8 Å². The van der Waals surface area contributed by atoms with Crippen LogP contribution in [-0.4, -0.2) is 19.3 Å². The summed E-state index contributed by atoms with van der Waals surface area (Å²) in [7, 11) is 1.56. The highest BCUT2D eigenvalue weighted by molar-refractivity contribution is 5.80. The third-order valence-electron chi connectivity index (χ3n) is 3.56. The minimum absolute atomic E-state index is 0.120. The Morgan fingerprint density at radius 3 is 2.64 bits per heavy atom. The lowest BCUT2D eigenvalue weighted by molar-refractivity contribution is -0.384. The summed E-state index contributed by atoms with van der Waals surface area (Å²) in [6.45, 7) is 1.64. The number of aromatic amines is 1. The molecule has 0 fully saturated rings. The zero-order chi connectivity index (χ0) is 16.0. The number of rotatable bonds is 2. The number of nitro groups is 1. The van der Waals surface area contributed by atoms with Gasteiger partial charge in [-0.05, 0) is 13.0 Å². The fourth-order valence-corrected chi connectivity index (χ4v) is 2.56. The molecule has 3 aromatic rings. The van der Waals surface area contributed by atoms with Gasteiger partial charge in [-0.25, -0.2) is 0 Å². The van der Waals surface area contributed by atoms with Gasteiger partial charge in [0.25, 0.3) is 16.8 Å². The number of nitro benzene ring substituents is 1. The Morgan fingerprint density at radius 1 is 1.23 bits per heavy atom. The Labute approximate surface area is 123 Å². The second kappa shape index (κ2) is 4.69. The summed E-state index contributed by atoms with van der Waals surface area (Å²) in [6.07, 6.45) is 0. The topological polar surface area (TPSA) is 103 Å². The van der Waals surface area contributed by atoms with Gasteiger partial charge in [0.1, 0.15) is 0 Å². The quantitative estimate of drug-likeness (QED) is 0.568. The number of aromatic nitrogens is 3. The maximum absolute atomic E-state index is 12.3. The Morgan fingerprint density at radius 2 is 1.95 bits per heavy atom. The second-order valence-corrected chi connectivity index (χ2v) is 4.95. The smallest absolute Gasteiger partial charge is 0.275 e. The molecule has 2 heterocycles. The average Bonchev–Trinajstić information content (AvgIpc) is 2.74. The number of nitrogens with zero attached hydrogens (tertiary/aromatic N) is 3. The van der Waals surface area contributed by atoms with Gasteiger partial charge < -0.3 is 0 Å². The molecule has 8 heteroatoms. The molecule has 0 aliphatic carbocycles. The summed E-state index contributed by atoms with van der Waals surface area (Å²) in [5.41, 5.74) is 0.480. The number of fused-ring (bicyclic) bond motifs is 1. The van der Waals surface area contributed by atoms with Gasteiger partial charge in [0, 0.05) is 30.9 Å². The van der Waals surface area contributed by atoms with Crippen LogP contribution in [0.5, 0.6) is 0 Å². The summed E-state index contributed by atoms with van der Waals surface area (Å²) in [4.78, 5) is 34.8. The lowest BCUT2D eigenvalue weighted by atomic mass is 10.2. The second-order valence-electron chi connectivity index (χ2n) is 4.95. The van der Waals surface area contributed by atoms with Gasteiger partial charge in [-0.1, -0.05) is 6.07 Å². The van der Waals surface area contributed by atoms with Gasteiger partial charge in [0.15, 0.2) is 0 Å². The predicted octanol–water partition coefficient (Wildman–Crippen LogP) is 1.23. The lowest BCUT2D eigenvalue weighted by Gasteiger charge is -2.09. The predicted molar refractivity (Wildman–Crippen MR) is 80.5 cm³/mol. The van der Waals surface area contributed by atoms with E-state index in [4.69, 9.17) is 0 Å². The fraction of sp³-hybridized carbons (Fsp3) is 0.143. The zero-order valence-electron chi connectivity index (χ0n) is 11.9. The van der Waals surface area contributed by atoms with Gasteiger partial charge in [0.05, 0.1) is 21.5 Å². The summed E-state index contributed by atoms with van der Waals surface area (Å²) in [5.74, 6) is 0. The van der Waals surface area contributed by atoms with Crippen molar-refractivity contribution >= 4 is 16.6 Å². The van der Waals surface area contributed by atoms with E-state index in [1.54, 1.807) is 20.0 Å². The molecule has 1 aromatic carbocycles. The van der Waals surface area contributed by atoms with Crippen LogP contribution in [0.3, 0.4) is 0 Å². The van der Waals surface area contributed by atoms with E-state index < -0.39 is 4.92 Å². The van der Waals surface area contributed by atoms with Crippen molar-refractivity contribution in [2.24, 2.45) is 7.05 Å². The Balaban J connectivity index is 2.39. The van der Waals surface area contributed by atoms with Crippen LogP contribution in [0.15, 0.2) is 39.9 Å². The maximum Gasteiger partial charge on any atom is 0.275 e. The van der Waals surface area contributed by atoms with Gasteiger partial charge in [-0.15, -0.1) is 0 Å². The molecule has 0 spiro atoms. The van der Waals surface area contributed by atoms with Crippen molar-refractivity contribution in [2.45, 2.75) is 6.92 Å². The summed E-state index contributed by atoms with van der Waals surface area (Å²) < 4.78 is 2.58. The van der Waals surface area contributed by atoms with Crippen LogP contribution >= 0.6 is 0 Å². The number of hydrogen-bond donors (Lipinski definition) is 1. The molecule has 0 aliphatic rings. The number of pyridine rings is 1. The molecular weight excluding hydrogens is 288 g/mol. The summed E-state index contributed by atoms with van der Waals surface area (Å²) in [6, 6.07) is 7.04. The molecule has 0 radical (unpaired) electrons. The Kier molecular flexibility index (Phi) is 2.94. The largest absolute Gasteiger partial charge is 0.295 e. The van der Waals surface area contributed by atoms with Crippen LogP contribution in [0.25, 0.3) is 16.6 Å². The molecule has 112 valence electrons. The number of non-ortho nitro benzene ring substituents is 1. The number of benzene rings is 1. The molecule has 0 unspecified atom stereocenters. The average molecular weight is 300 g/mol. The molecule has 0 saturated heterocycles. The minimum Gasteiger partial charge on any atom is -0.295 e. The van der Waals surface area contributed by atoms with Crippen LogP contribution in [0.1, 0.15) is 5.69 Å². The summed E-state index contributed by atoms with van der Waals surface area (Å²) >= 11 is 0. The van der Waals surface area contributed by atoms with Gasteiger partial charge in [-0.3, -0.25) is 34.1 Å². The van der Waals surface area contributed by atoms with E-state index in [1.807, 2.05) is 0 Å². The highest BCUT2D eigenvalue weighted by Gasteiger charge is 2.15. The standard InChI is InChI=1S/C14H12N4O4/c1-8-13-11(15-16(2)14(13)20)7-12(19)17(8)9-4-3-5-10(6-9)18(21)22/h3-7,15H,1-2H3. The van der Waals surface area contributed by atoms with Crippen molar-refractivity contribution < 1.29 is 4.92 Å². The van der Waals surface area contributed by atoms with Crippen molar-refractivity contribution in [3.63, 3.8) is 0 Å². The minimum atomic E-state index is -0.530. The number of H-pyrrole nitrogens is 1. The molecule has 22 heavy (non-hydrogen) atoms. The first-order valence-corrected chi connectivity index (χ1v) is 6.46. The van der Waals surface area contributed by atoms with E-state index in [0.717, 1.165) is 0 Å². The molecule has 0 amide bonds. The number of nitrogens with one attached hydrogen (secondary N) is 1. The highest BCUT2D eigenvalue weighted by Crippen LogP contribution is 2.19. The van der Waals surface area contributed by atoms with Crippen molar-refractivity contribution in [2.75, 3.05) is 0 Å². The van der Waals surface area contributed by atoms with Crippen molar-refractivity contribution in [1.29, 1.82) is 0 Å². The molecule has 2 aromatic heterocycles. The molecule has 3 rings (SSSR count). The molecule has 0 aliphatic heterocycles. The molecular formula is C14H12N4O4. The van der Waals surface area contributed by atoms with E-state index in [-0.39, 0.29) is 16.8 Å². The molecule has 0 bridgehead atoms. The first-order valence-electron chi connectivity index (χ1n) is 6.46. The Hall–Kier alpha value is -3.16. The third kappa shape index (κ3) is 1.93. The molecule has 1 N–H and O–H groups in total. The van der Waals surface area contributed by atoms with Crippen LogP contribution in [0, 0.1) is 17.0 Å². The molecule has 8 nitrogen and oxygen atoms in total. The SMILES string of the molecule is Cc1c2c(=O)n(C)[nH]c2cc(=O)n1-c1cccc([N+](=O)[O-])c1. The van der Waals surface area contributed by atoms with Crippen molar-refractivity contribution in [3.8, 4) is 5.69 Å². The first kappa shape index (κ1) is 13.8.